The van der Waals surface area contributed by atoms with Gasteiger partial charge in [-0.05, 0) is 60.3 Å². The molecule has 2 aromatic heterocycles. The molecule has 0 aliphatic rings. The molecule has 204 valence electrons. The van der Waals surface area contributed by atoms with Gasteiger partial charge in [0, 0.05) is 21.9 Å². The molecule has 4 aromatic carbocycles. The van der Waals surface area contributed by atoms with Crippen LogP contribution in [0.4, 0.5) is 5.13 Å². The summed E-state index contributed by atoms with van der Waals surface area (Å²) in [5, 5.41) is 6.53. The second-order valence-electron chi connectivity index (χ2n) is 9.25. The average Bonchev–Trinajstić information content (AvgIpc) is 3.66. The highest BCUT2D eigenvalue weighted by molar-refractivity contribution is 7.14. The number of benzene rings is 4. The van der Waals surface area contributed by atoms with E-state index in [2.05, 4.69) is 15.3 Å². The quantitative estimate of drug-likeness (QED) is 0.193. The van der Waals surface area contributed by atoms with E-state index in [4.69, 9.17) is 13.9 Å². The number of anilines is 1. The van der Waals surface area contributed by atoms with Crippen molar-refractivity contribution in [2.45, 2.75) is 19.4 Å². The lowest BCUT2D eigenvalue weighted by Crippen LogP contribution is -2.32. The van der Waals surface area contributed by atoms with Crippen LogP contribution in [0.5, 0.6) is 5.75 Å². The molecule has 0 aliphatic heterocycles. The van der Waals surface area contributed by atoms with E-state index in [1.807, 2.05) is 78.2 Å². The Morgan fingerprint density at radius 1 is 0.951 bits per heavy atom. The van der Waals surface area contributed by atoms with Crippen molar-refractivity contribution in [2.75, 3.05) is 12.4 Å². The maximum absolute atomic E-state index is 13.5. The van der Waals surface area contributed by atoms with Crippen molar-refractivity contribution in [3.8, 4) is 28.5 Å². The number of aromatic nitrogens is 2. The minimum absolute atomic E-state index is 0.289. The molecule has 6 aromatic rings. The first-order valence-electron chi connectivity index (χ1n) is 13.0. The highest BCUT2D eigenvalue weighted by atomic mass is 32.1. The number of methoxy groups -OCH3 is 1. The van der Waals surface area contributed by atoms with Crippen LogP contribution in [0.2, 0.25) is 0 Å². The molecule has 0 saturated carbocycles. The predicted molar refractivity (Wildman–Crippen MR) is 159 cm³/mol. The monoisotopic (exact) mass is 563 g/mol. The number of ether oxygens (including phenoxy) is 2. The summed E-state index contributed by atoms with van der Waals surface area (Å²) in [6.45, 7) is 1.79. The van der Waals surface area contributed by atoms with Gasteiger partial charge in [0.25, 0.3) is 5.91 Å². The van der Waals surface area contributed by atoms with Crippen LogP contribution in [0.3, 0.4) is 0 Å². The highest BCUT2D eigenvalue weighted by Gasteiger charge is 2.25. The van der Waals surface area contributed by atoms with E-state index in [1.165, 1.54) is 11.3 Å². The molecule has 1 N–H and O–H groups in total. The van der Waals surface area contributed by atoms with E-state index < -0.39 is 18.0 Å². The normalized spacial score (nSPS) is 11.9. The number of rotatable bonds is 8. The zero-order valence-corrected chi connectivity index (χ0v) is 23.1. The minimum Gasteiger partial charge on any atom is -0.497 e. The fraction of sp³-hybridized carbons (Fsp3) is 0.125. The van der Waals surface area contributed by atoms with Crippen molar-refractivity contribution in [3.05, 3.63) is 95.9 Å². The maximum Gasteiger partial charge on any atom is 0.339 e. The number of carbonyl (C=O) groups is 2. The van der Waals surface area contributed by atoms with Gasteiger partial charge in [-0.15, -0.1) is 11.3 Å². The molecular formula is C32H25N3O5S. The van der Waals surface area contributed by atoms with Crippen LogP contribution in [0.15, 0.2) is 94.7 Å². The lowest BCUT2D eigenvalue weighted by atomic mass is 9.99. The second-order valence-corrected chi connectivity index (χ2v) is 10.1. The molecule has 0 radical (unpaired) electrons. The van der Waals surface area contributed by atoms with E-state index in [1.54, 1.807) is 26.2 Å². The summed E-state index contributed by atoms with van der Waals surface area (Å²) in [4.78, 5) is 35.8. The first kappa shape index (κ1) is 26.2. The van der Waals surface area contributed by atoms with E-state index in [0.717, 1.165) is 27.9 Å². The van der Waals surface area contributed by atoms with Gasteiger partial charge in [0.05, 0.1) is 18.4 Å². The molecule has 8 nitrogen and oxygen atoms in total. The molecule has 1 atom stereocenters. The van der Waals surface area contributed by atoms with E-state index in [0.29, 0.717) is 33.1 Å². The number of hydrogen-bond donors (Lipinski definition) is 1. The van der Waals surface area contributed by atoms with Crippen molar-refractivity contribution in [1.82, 2.24) is 9.97 Å². The molecule has 1 unspecified atom stereocenters. The van der Waals surface area contributed by atoms with Crippen LogP contribution in [-0.4, -0.2) is 35.1 Å². The van der Waals surface area contributed by atoms with E-state index >= 15 is 0 Å². The van der Waals surface area contributed by atoms with Gasteiger partial charge in [0.2, 0.25) is 5.89 Å². The molecule has 0 aliphatic carbocycles. The molecule has 0 saturated heterocycles. The fourth-order valence-corrected chi connectivity index (χ4v) is 5.33. The van der Waals surface area contributed by atoms with Crippen LogP contribution in [-0.2, 0) is 9.53 Å². The third-order valence-corrected chi connectivity index (χ3v) is 7.44. The van der Waals surface area contributed by atoms with Crippen LogP contribution in [0.1, 0.15) is 23.7 Å². The molecular weight excluding hydrogens is 538 g/mol. The number of amides is 1. The first-order chi connectivity index (χ1) is 20.0. The van der Waals surface area contributed by atoms with Gasteiger partial charge in [0.15, 0.2) is 16.8 Å². The van der Waals surface area contributed by atoms with Gasteiger partial charge in [-0.25, -0.2) is 14.8 Å². The second kappa shape index (κ2) is 11.2. The minimum atomic E-state index is -1.01. The molecule has 6 rings (SSSR count). The maximum atomic E-state index is 13.5. The van der Waals surface area contributed by atoms with Crippen LogP contribution in [0, 0.1) is 0 Å². The van der Waals surface area contributed by atoms with Gasteiger partial charge < -0.3 is 13.9 Å². The molecule has 0 fully saturated rings. The first-order valence-corrected chi connectivity index (χ1v) is 13.9. The van der Waals surface area contributed by atoms with Gasteiger partial charge in [0.1, 0.15) is 11.3 Å². The number of fused-ring (bicyclic) bond motifs is 2. The zero-order chi connectivity index (χ0) is 28.3. The number of thiazole rings is 1. The summed E-state index contributed by atoms with van der Waals surface area (Å²) >= 11 is 1.30. The number of nitrogens with one attached hydrogen (secondary N) is 1. The largest absolute Gasteiger partial charge is 0.497 e. The molecule has 9 heteroatoms. The number of carbonyl (C=O) groups excluding carboxylic acids is 2. The number of esters is 1. The van der Waals surface area contributed by atoms with Crippen molar-refractivity contribution in [1.29, 1.82) is 0 Å². The number of para-hydroxylation sites is 2. The zero-order valence-electron chi connectivity index (χ0n) is 22.3. The summed E-state index contributed by atoms with van der Waals surface area (Å²) in [6.07, 6.45) is -0.723. The van der Waals surface area contributed by atoms with Crippen LogP contribution < -0.4 is 10.1 Å². The fourth-order valence-electron chi connectivity index (χ4n) is 4.60. The third kappa shape index (κ3) is 5.27. The smallest absolute Gasteiger partial charge is 0.339 e. The Labute approximate surface area is 239 Å². The van der Waals surface area contributed by atoms with Gasteiger partial charge in [-0.1, -0.05) is 43.3 Å². The lowest BCUT2D eigenvalue weighted by Gasteiger charge is -2.16. The average molecular weight is 564 g/mol. The summed E-state index contributed by atoms with van der Waals surface area (Å²) in [5.41, 5.74) is 3.98. The number of nitrogens with zero attached hydrogens (tertiary/aromatic N) is 2. The summed E-state index contributed by atoms with van der Waals surface area (Å²) in [7, 11) is 1.61. The van der Waals surface area contributed by atoms with Crippen molar-refractivity contribution >= 4 is 50.2 Å². The third-order valence-electron chi connectivity index (χ3n) is 6.68. The molecule has 41 heavy (non-hydrogen) atoms. The Balaban J connectivity index is 1.23. The van der Waals surface area contributed by atoms with E-state index in [-0.39, 0.29) is 6.42 Å². The SMILES string of the molecule is CCC(OC(=O)c1cccc2cccc(-c3nc4ccccc4o3)c12)C(=O)Nc1nc(-c2ccc(OC)cc2)cs1. The van der Waals surface area contributed by atoms with Gasteiger partial charge in [-0.3, -0.25) is 10.1 Å². The molecule has 0 bridgehead atoms. The lowest BCUT2D eigenvalue weighted by molar-refractivity contribution is -0.124. The van der Waals surface area contributed by atoms with Gasteiger partial charge >= 0.3 is 5.97 Å². The number of hydrogen-bond acceptors (Lipinski definition) is 8. The number of oxazole rings is 1. The van der Waals surface area contributed by atoms with E-state index in [9.17, 15) is 9.59 Å². The standard InChI is InChI=1S/C32H25N3O5S/c1-3-26(29(36)35-32-34-25(18-41-32)19-14-16-21(38-2)17-15-19)40-31(37)23-11-7-9-20-8-6-10-22(28(20)23)30-33-24-12-4-5-13-27(24)39-30/h4-18,26H,3H2,1-2H3,(H,34,35,36). The Morgan fingerprint density at radius 2 is 1.73 bits per heavy atom. The van der Waals surface area contributed by atoms with Crippen LogP contribution >= 0.6 is 11.3 Å². The molecule has 2 heterocycles. The Hall–Kier alpha value is -5.02. The van der Waals surface area contributed by atoms with Crippen molar-refractivity contribution in [3.63, 3.8) is 0 Å². The Bertz CT molecular complexity index is 1840. The molecule has 0 spiro atoms. The predicted octanol–water partition coefficient (Wildman–Crippen LogP) is 7.35. The van der Waals surface area contributed by atoms with Gasteiger partial charge in [-0.2, -0.15) is 0 Å². The topological polar surface area (TPSA) is 104 Å². The Kier molecular flexibility index (Phi) is 7.18. The van der Waals surface area contributed by atoms with Crippen LogP contribution in [0.25, 0.3) is 44.6 Å². The highest BCUT2D eigenvalue weighted by Crippen LogP contribution is 2.33. The summed E-state index contributed by atoms with van der Waals surface area (Å²) in [5.74, 6) is 0.0886. The van der Waals surface area contributed by atoms with Crippen molar-refractivity contribution < 1.29 is 23.5 Å². The Morgan fingerprint density at radius 3 is 2.49 bits per heavy atom. The summed E-state index contributed by atoms with van der Waals surface area (Å²) in [6, 6.07) is 26.0. The molecule has 1 amide bonds. The summed E-state index contributed by atoms with van der Waals surface area (Å²) < 4.78 is 17.0. The van der Waals surface area contributed by atoms with Crippen molar-refractivity contribution in [2.24, 2.45) is 0 Å².